The number of aryl methyl sites for hydroxylation is 1. The standard InChI is InChI=1S/C16H16F3N3O3/c1-10-8-21-14(15(25)22(10)9-13(23)24)20-7-6-11-2-4-12(5-3-11)16(17,18)19/h2-5,8H,6-7,9H2,1H3,(H,20,21)(H,23,24). The van der Waals surface area contributed by atoms with Gasteiger partial charge in [-0.15, -0.1) is 0 Å². The number of carboxylic acid groups (broad SMARTS) is 1. The van der Waals surface area contributed by atoms with Crippen LogP contribution in [0.5, 0.6) is 0 Å². The van der Waals surface area contributed by atoms with Crippen molar-refractivity contribution in [3.05, 3.63) is 57.6 Å². The molecular formula is C16H16F3N3O3. The van der Waals surface area contributed by atoms with E-state index in [0.717, 1.165) is 16.7 Å². The fourth-order valence-electron chi connectivity index (χ4n) is 2.21. The summed E-state index contributed by atoms with van der Waals surface area (Å²) in [6, 6.07) is 4.74. The van der Waals surface area contributed by atoms with Crippen molar-refractivity contribution in [1.29, 1.82) is 0 Å². The van der Waals surface area contributed by atoms with Gasteiger partial charge in [0.1, 0.15) is 6.54 Å². The van der Waals surface area contributed by atoms with Gasteiger partial charge in [0.15, 0.2) is 5.82 Å². The molecule has 0 aliphatic rings. The first-order valence-electron chi connectivity index (χ1n) is 7.36. The van der Waals surface area contributed by atoms with Crippen molar-refractivity contribution in [1.82, 2.24) is 9.55 Å². The van der Waals surface area contributed by atoms with Crippen molar-refractivity contribution in [2.24, 2.45) is 0 Å². The third-order valence-electron chi connectivity index (χ3n) is 3.53. The Kier molecular flexibility index (Phi) is 5.45. The topological polar surface area (TPSA) is 84.2 Å². The molecule has 2 aromatic rings. The molecule has 6 nitrogen and oxygen atoms in total. The second-order valence-electron chi connectivity index (χ2n) is 5.40. The van der Waals surface area contributed by atoms with Crippen LogP contribution in [-0.2, 0) is 23.9 Å². The minimum absolute atomic E-state index is 0.00115. The van der Waals surface area contributed by atoms with Gasteiger partial charge >= 0.3 is 12.1 Å². The SMILES string of the molecule is Cc1cnc(NCCc2ccc(C(F)(F)F)cc2)c(=O)n1CC(=O)O. The quantitative estimate of drug-likeness (QED) is 0.831. The fourth-order valence-corrected chi connectivity index (χ4v) is 2.21. The Bertz CT molecular complexity index is 814. The van der Waals surface area contributed by atoms with Crippen LogP contribution in [-0.4, -0.2) is 27.2 Å². The first-order valence-corrected chi connectivity index (χ1v) is 7.36. The molecule has 25 heavy (non-hydrogen) atoms. The van der Waals surface area contributed by atoms with Crippen LogP contribution in [0.4, 0.5) is 19.0 Å². The molecule has 1 heterocycles. The highest BCUT2D eigenvalue weighted by atomic mass is 19.4. The third-order valence-corrected chi connectivity index (χ3v) is 3.53. The first kappa shape index (κ1) is 18.5. The number of benzene rings is 1. The fraction of sp³-hybridized carbons (Fsp3) is 0.312. The molecule has 0 atom stereocenters. The van der Waals surface area contributed by atoms with Gasteiger partial charge in [-0.05, 0) is 31.0 Å². The molecule has 0 amide bonds. The number of anilines is 1. The number of carboxylic acids is 1. The predicted molar refractivity (Wildman–Crippen MR) is 84.5 cm³/mol. The summed E-state index contributed by atoms with van der Waals surface area (Å²) in [5.41, 5.74) is -0.199. The van der Waals surface area contributed by atoms with E-state index in [-0.39, 0.29) is 12.4 Å². The highest BCUT2D eigenvalue weighted by Gasteiger charge is 2.29. The van der Waals surface area contributed by atoms with E-state index in [1.165, 1.54) is 18.3 Å². The summed E-state index contributed by atoms with van der Waals surface area (Å²) in [6.45, 7) is 1.37. The molecule has 2 rings (SSSR count). The van der Waals surface area contributed by atoms with Crippen molar-refractivity contribution in [3.63, 3.8) is 0 Å². The van der Waals surface area contributed by atoms with Crippen LogP contribution in [0.1, 0.15) is 16.8 Å². The second kappa shape index (κ2) is 7.37. The summed E-state index contributed by atoms with van der Waals surface area (Å²) in [5, 5.41) is 11.6. The minimum atomic E-state index is -4.38. The number of hydrogen-bond donors (Lipinski definition) is 2. The molecule has 0 bridgehead atoms. The number of rotatable bonds is 6. The molecular weight excluding hydrogens is 339 g/mol. The van der Waals surface area contributed by atoms with Crippen LogP contribution in [0.15, 0.2) is 35.3 Å². The minimum Gasteiger partial charge on any atom is -0.480 e. The van der Waals surface area contributed by atoms with Gasteiger partial charge in [-0.3, -0.25) is 14.2 Å². The average molecular weight is 355 g/mol. The zero-order valence-corrected chi connectivity index (χ0v) is 13.3. The Morgan fingerprint density at radius 3 is 2.48 bits per heavy atom. The Morgan fingerprint density at radius 1 is 1.28 bits per heavy atom. The summed E-state index contributed by atoms with van der Waals surface area (Å²) in [4.78, 5) is 26.9. The number of carbonyl (C=O) groups is 1. The van der Waals surface area contributed by atoms with E-state index in [9.17, 15) is 22.8 Å². The van der Waals surface area contributed by atoms with Gasteiger partial charge in [-0.25, -0.2) is 4.98 Å². The second-order valence-corrected chi connectivity index (χ2v) is 5.40. The molecule has 134 valence electrons. The summed E-state index contributed by atoms with van der Waals surface area (Å²) in [5.74, 6) is -1.15. The number of hydrogen-bond acceptors (Lipinski definition) is 4. The highest BCUT2D eigenvalue weighted by molar-refractivity contribution is 5.66. The van der Waals surface area contributed by atoms with Crippen LogP contribution in [0.25, 0.3) is 0 Å². The Labute approximate surface area is 140 Å². The molecule has 1 aromatic heterocycles. The predicted octanol–water partition coefficient (Wildman–Crippen LogP) is 2.31. The maximum absolute atomic E-state index is 12.5. The number of aromatic nitrogens is 2. The normalized spacial score (nSPS) is 11.4. The summed E-state index contributed by atoms with van der Waals surface area (Å²) in [6.07, 6.45) is -2.62. The van der Waals surface area contributed by atoms with Crippen molar-refractivity contribution in [2.75, 3.05) is 11.9 Å². The average Bonchev–Trinajstić information content (AvgIpc) is 2.53. The maximum atomic E-state index is 12.5. The maximum Gasteiger partial charge on any atom is 0.416 e. The molecule has 9 heteroatoms. The van der Waals surface area contributed by atoms with Crippen molar-refractivity contribution >= 4 is 11.8 Å². The number of aliphatic carboxylic acids is 1. The molecule has 0 aliphatic heterocycles. The molecule has 0 aliphatic carbocycles. The number of nitrogens with zero attached hydrogens (tertiary/aromatic N) is 2. The molecule has 0 unspecified atom stereocenters. The van der Waals surface area contributed by atoms with Gasteiger partial charge in [0.05, 0.1) is 5.56 Å². The van der Waals surface area contributed by atoms with Gasteiger partial charge in [-0.2, -0.15) is 13.2 Å². The highest BCUT2D eigenvalue weighted by Crippen LogP contribution is 2.29. The van der Waals surface area contributed by atoms with E-state index >= 15 is 0 Å². The molecule has 0 spiro atoms. The van der Waals surface area contributed by atoms with Gasteiger partial charge in [0, 0.05) is 18.4 Å². The van der Waals surface area contributed by atoms with Crippen LogP contribution >= 0.6 is 0 Å². The smallest absolute Gasteiger partial charge is 0.416 e. The van der Waals surface area contributed by atoms with E-state index in [0.29, 0.717) is 17.7 Å². The Balaban J connectivity index is 2.02. The lowest BCUT2D eigenvalue weighted by molar-refractivity contribution is -0.138. The van der Waals surface area contributed by atoms with Crippen LogP contribution < -0.4 is 10.9 Å². The van der Waals surface area contributed by atoms with Crippen LogP contribution in [0.2, 0.25) is 0 Å². The molecule has 0 radical (unpaired) electrons. The number of nitrogens with one attached hydrogen (secondary N) is 1. The van der Waals surface area contributed by atoms with Crippen LogP contribution in [0.3, 0.4) is 0 Å². The zero-order valence-electron chi connectivity index (χ0n) is 13.3. The van der Waals surface area contributed by atoms with Crippen LogP contribution in [0, 0.1) is 6.92 Å². The summed E-state index contributed by atoms with van der Waals surface area (Å²) < 4.78 is 38.6. The van der Waals surface area contributed by atoms with E-state index in [1.54, 1.807) is 6.92 Å². The van der Waals surface area contributed by atoms with E-state index in [2.05, 4.69) is 10.3 Å². The Morgan fingerprint density at radius 2 is 1.92 bits per heavy atom. The van der Waals surface area contributed by atoms with Gasteiger partial charge < -0.3 is 10.4 Å². The zero-order chi connectivity index (χ0) is 18.6. The molecule has 0 saturated carbocycles. The molecule has 1 aromatic carbocycles. The molecule has 0 fully saturated rings. The van der Waals surface area contributed by atoms with E-state index in [1.807, 2.05) is 0 Å². The van der Waals surface area contributed by atoms with Gasteiger partial charge in [0.2, 0.25) is 0 Å². The third kappa shape index (κ3) is 4.82. The van der Waals surface area contributed by atoms with Crippen molar-refractivity contribution in [3.8, 4) is 0 Å². The van der Waals surface area contributed by atoms with Crippen molar-refractivity contribution < 1.29 is 23.1 Å². The lowest BCUT2D eigenvalue weighted by Crippen LogP contribution is -2.29. The largest absolute Gasteiger partial charge is 0.480 e. The van der Waals surface area contributed by atoms with Gasteiger partial charge in [0.25, 0.3) is 5.56 Å². The molecule has 0 saturated heterocycles. The lowest BCUT2D eigenvalue weighted by Gasteiger charge is -2.11. The summed E-state index contributed by atoms with van der Waals surface area (Å²) >= 11 is 0. The first-order chi connectivity index (χ1) is 11.7. The molecule has 2 N–H and O–H groups in total. The Hall–Kier alpha value is -2.84. The lowest BCUT2D eigenvalue weighted by atomic mass is 10.1. The summed E-state index contributed by atoms with van der Waals surface area (Å²) in [7, 11) is 0. The van der Waals surface area contributed by atoms with Gasteiger partial charge in [-0.1, -0.05) is 12.1 Å². The van der Waals surface area contributed by atoms with E-state index in [4.69, 9.17) is 5.11 Å². The monoisotopic (exact) mass is 355 g/mol. The number of alkyl halides is 3. The van der Waals surface area contributed by atoms with Crippen molar-refractivity contribution in [2.45, 2.75) is 26.1 Å². The van der Waals surface area contributed by atoms with E-state index < -0.39 is 29.8 Å². The number of halogens is 3.